The number of rotatable bonds is 9. The van der Waals surface area contributed by atoms with Crippen LogP contribution in [0.25, 0.3) is 0 Å². The Morgan fingerprint density at radius 1 is 1.13 bits per heavy atom. The molecule has 5 nitrogen and oxygen atoms in total. The van der Waals surface area contributed by atoms with Gasteiger partial charge in [-0.05, 0) is 55.6 Å². The molecule has 0 atom stereocenters. The lowest BCUT2D eigenvalue weighted by atomic mass is 9.98. The second kappa shape index (κ2) is 12.6. The first-order valence-corrected chi connectivity index (χ1v) is 11.8. The number of piperidine rings is 1. The van der Waals surface area contributed by atoms with Crippen molar-refractivity contribution in [2.45, 2.75) is 78.2 Å². The molecule has 2 rings (SSSR count). The van der Waals surface area contributed by atoms with Crippen LogP contribution in [0.4, 0.5) is 0 Å². The van der Waals surface area contributed by atoms with Crippen LogP contribution >= 0.6 is 0 Å². The molecule has 0 spiro atoms. The van der Waals surface area contributed by atoms with Crippen LogP contribution in [0.5, 0.6) is 0 Å². The van der Waals surface area contributed by atoms with Crippen molar-refractivity contribution >= 4 is 11.9 Å². The van der Waals surface area contributed by atoms with E-state index in [4.69, 9.17) is 0 Å². The van der Waals surface area contributed by atoms with E-state index in [0.29, 0.717) is 17.9 Å². The Labute approximate surface area is 183 Å². The lowest BCUT2D eigenvalue weighted by Gasteiger charge is -2.34. The van der Waals surface area contributed by atoms with E-state index in [2.05, 4.69) is 72.5 Å². The van der Waals surface area contributed by atoms with Gasteiger partial charge in [-0.2, -0.15) is 0 Å². The van der Waals surface area contributed by atoms with Crippen LogP contribution in [0.15, 0.2) is 29.3 Å². The fourth-order valence-corrected chi connectivity index (χ4v) is 4.10. The highest BCUT2D eigenvalue weighted by atomic mass is 16.2. The Hall–Kier alpha value is -2.04. The Balaban J connectivity index is 1.68. The molecular weight excluding hydrogens is 372 g/mol. The van der Waals surface area contributed by atoms with Crippen molar-refractivity contribution in [3.63, 3.8) is 0 Å². The lowest BCUT2D eigenvalue weighted by molar-refractivity contribution is -0.136. The van der Waals surface area contributed by atoms with E-state index in [9.17, 15) is 4.79 Å². The van der Waals surface area contributed by atoms with Gasteiger partial charge in [-0.1, -0.05) is 52.0 Å². The van der Waals surface area contributed by atoms with Gasteiger partial charge in [0.25, 0.3) is 0 Å². The van der Waals surface area contributed by atoms with Crippen LogP contribution in [0, 0.1) is 5.92 Å². The third kappa shape index (κ3) is 7.33. The molecule has 2 N–H and O–H groups in total. The molecule has 1 amide bonds. The highest BCUT2D eigenvalue weighted by molar-refractivity contribution is 5.80. The van der Waals surface area contributed by atoms with Crippen LogP contribution in [-0.4, -0.2) is 49.5 Å². The number of hydrogen-bond acceptors (Lipinski definition) is 2. The van der Waals surface area contributed by atoms with Crippen molar-refractivity contribution < 1.29 is 4.79 Å². The summed E-state index contributed by atoms with van der Waals surface area (Å²) in [6.07, 6.45) is 5.98. The average Bonchev–Trinajstić information content (AvgIpc) is 2.77. The fourth-order valence-electron chi connectivity index (χ4n) is 4.10. The van der Waals surface area contributed by atoms with Crippen molar-refractivity contribution in [1.82, 2.24) is 15.5 Å². The molecule has 168 valence electrons. The van der Waals surface area contributed by atoms with E-state index in [0.717, 1.165) is 64.1 Å². The van der Waals surface area contributed by atoms with Gasteiger partial charge in [-0.3, -0.25) is 9.79 Å². The van der Waals surface area contributed by atoms with Crippen LogP contribution < -0.4 is 10.6 Å². The maximum absolute atomic E-state index is 12.6. The summed E-state index contributed by atoms with van der Waals surface area (Å²) in [5, 5.41) is 6.99. The van der Waals surface area contributed by atoms with Crippen molar-refractivity contribution in [3.8, 4) is 0 Å². The Bertz CT molecular complexity index is 656. The van der Waals surface area contributed by atoms with Gasteiger partial charge in [0.15, 0.2) is 5.96 Å². The van der Waals surface area contributed by atoms with Gasteiger partial charge in [-0.15, -0.1) is 0 Å². The normalized spacial score (nSPS) is 15.7. The standard InChI is InChI=1S/C25H42N4O/c1-6-21(7-2)24(30)29-17-14-23(15-18-29)28-25(26-5)27-16-8-9-20-10-12-22(13-11-20)19(3)4/h10-13,19,21,23H,6-9,14-18H2,1-5H3,(H2,26,27,28). The van der Waals surface area contributed by atoms with Crippen molar-refractivity contribution in [3.05, 3.63) is 35.4 Å². The molecular formula is C25H42N4O. The van der Waals surface area contributed by atoms with Gasteiger partial charge in [-0.25, -0.2) is 0 Å². The van der Waals surface area contributed by atoms with E-state index in [-0.39, 0.29) is 5.92 Å². The minimum atomic E-state index is 0.186. The predicted molar refractivity (Wildman–Crippen MR) is 127 cm³/mol. The van der Waals surface area contributed by atoms with Crippen molar-refractivity contribution in [1.29, 1.82) is 0 Å². The van der Waals surface area contributed by atoms with Gasteiger partial charge in [0.1, 0.15) is 0 Å². The zero-order valence-corrected chi connectivity index (χ0v) is 19.7. The van der Waals surface area contributed by atoms with E-state index in [1.807, 2.05) is 7.05 Å². The van der Waals surface area contributed by atoms with Crippen molar-refractivity contribution in [2.24, 2.45) is 10.9 Å². The zero-order chi connectivity index (χ0) is 21.9. The van der Waals surface area contributed by atoms with Gasteiger partial charge in [0, 0.05) is 38.6 Å². The van der Waals surface area contributed by atoms with E-state index in [1.165, 1.54) is 11.1 Å². The van der Waals surface area contributed by atoms with E-state index < -0.39 is 0 Å². The van der Waals surface area contributed by atoms with Gasteiger partial charge in [0.05, 0.1) is 0 Å². The predicted octanol–water partition coefficient (Wildman–Crippen LogP) is 4.33. The molecule has 0 aliphatic carbocycles. The van der Waals surface area contributed by atoms with Crippen molar-refractivity contribution in [2.75, 3.05) is 26.7 Å². The summed E-state index contributed by atoms with van der Waals surface area (Å²) >= 11 is 0. The number of carbonyl (C=O) groups is 1. The molecule has 1 aliphatic heterocycles. The number of benzene rings is 1. The summed E-state index contributed by atoms with van der Waals surface area (Å²) in [5.74, 6) is 1.97. The molecule has 0 saturated carbocycles. The minimum absolute atomic E-state index is 0.186. The van der Waals surface area contributed by atoms with Crippen LogP contribution in [-0.2, 0) is 11.2 Å². The third-order valence-corrected chi connectivity index (χ3v) is 6.29. The first-order valence-electron chi connectivity index (χ1n) is 11.8. The van der Waals surface area contributed by atoms with Gasteiger partial charge in [0.2, 0.25) is 5.91 Å². The lowest BCUT2D eigenvalue weighted by Crippen LogP contribution is -2.50. The topological polar surface area (TPSA) is 56.7 Å². The maximum Gasteiger partial charge on any atom is 0.225 e. The summed E-state index contributed by atoms with van der Waals surface area (Å²) in [6, 6.07) is 9.37. The highest BCUT2D eigenvalue weighted by Crippen LogP contribution is 2.17. The quantitative estimate of drug-likeness (QED) is 0.359. The molecule has 30 heavy (non-hydrogen) atoms. The molecule has 0 aromatic heterocycles. The summed E-state index contributed by atoms with van der Waals surface area (Å²) in [7, 11) is 1.83. The zero-order valence-electron chi connectivity index (χ0n) is 19.7. The Morgan fingerprint density at radius 2 is 1.77 bits per heavy atom. The number of aryl methyl sites for hydroxylation is 1. The molecule has 0 bridgehead atoms. The summed E-state index contributed by atoms with van der Waals surface area (Å²) in [4.78, 5) is 19.0. The number of aliphatic imine (C=N–C) groups is 1. The molecule has 0 unspecified atom stereocenters. The summed E-state index contributed by atoms with van der Waals surface area (Å²) in [5.41, 5.74) is 2.78. The second-order valence-electron chi connectivity index (χ2n) is 8.76. The van der Waals surface area contributed by atoms with Crippen LogP contribution in [0.1, 0.15) is 76.8 Å². The van der Waals surface area contributed by atoms with E-state index >= 15 is 0 Å². The number of nitrogens with zero attached hydrogens (tertiary/aromatic N) is 2. The van der Waals surface area contributed by atoms with Gasteiger partial charge < -0.3 is 15.5 Å². The number of hydrogen-bond donors (Lipinski definition) is 2. The third-order valence-electron chi connectivity index (χ3n) is 6.29. The minimum Gasteiger partial charge on any atom is -0.356 e. The maximum atomic E-state index is 12.6. The smallest absolute Gasteiger partial charge is 0.225 e. The second-order valence-corrected chi connectivity index (χ2v) is 8.76. The molecule has 1 heterocycles. The average molecular weight is 415 g/mol. The van der Waals surface area contributed by atoms with Crippen LogP contribution in [0.2, 0.25) is 0 Å². The molecule has 1 fully saturated rings. The number of amides is 1. The monoisotopic (exact) mass is 414 g/mol. The number of nitrogens with one attached hydrogen (secondary N) is 2. The van der Waals surface area contributed by atoms with Crippen LogP contribution in [0.3, 0.4) is 0 Å². The molecule has 1 saturated heterocycles. The Morgan fingerprint density at radius 3 is 2.30 bits per heavy atom. The first-order chi connectivity index (χ1) is 14.5. The number of guanidine groups is 1. The van der Waals surface area contributed by atoms with Gasteiger partial charge >= 0.3 is 0 Å². The Kier molecular flexibility index (Phi) is 10.2. The first kappa shape index (κ1) is 24.2. The molecule has 1 aromatic carbocycles. The molecule has 1 aromatic rings. The highest BCUT2D eigenvalue weighted by Gasteiger charge is 2.26. The largest absolute Gasteiger partial charge is 0.356 e. The van der Waals surface area contributed by atoms with E-state index in [1.54, 1.807) is 0 Å². The molecule has 5 heteroatoms. The molecule has 1 aliphatic rings. The summed E-state index contributed by atoms with van der Waals surface area (Å²) < 4.78 is 0. The molecule has 0 radical (unpaired) electrons. The number of likely N-dealkylation sites (tertiary alicyclic amines) is 1. The fraction of sp³-hybridized carbons (Fsp3) is 0.680. The summed E-state index contributed by atoms with van der Waals surface area (Å²) in [6.45, 7) is 11.3. The SMILES string of the molecule is CCC(CC)C(=O)N1CCC(NC(=NC)NCCCc2ccc(C(C)C)cc2)CC1. The number of carbonyl (C=O) groups excluding carboxylic acids is 1.